The highest BCUT2D eigenvalue weighted by Crippen LogP contribution is 2.32. The van der Waals surface area contributed by atoms with E-state index in [1.165, 1.54) is 0 Å². The molecule has 0 spiro atoms. The molecule has 0 saturated heterocycles. The quantitative estimate of drug-likeness (QED) is 0.647. The first-order valence-corrected chi connectivity index (χ1v) is 5.05. The van der Waals surface area contributed by atoms with E-state index in [0.717, 1.165) is 0 Å². The van der Waals surface area contributed by atoms with Crippen LogP contribution in [0.5, 0.6) is 0 Å². The van der Waals surface area contributed by atoms with Crippen molar-refractivity contribution in [3.8, 4) is 0 Å². The molecule has 1 aromatic heterocycles. The van der Waals surface area contributed by atoms with Crippen LogP contribution < -0.4 is 5.43 Å². The maximum atomic E-state index is 11.1. The molecule has 88 valence electrons. The fourth-order valence-corrected chi connectivity index (χ4v) is 1.66. The van der Waals surface area contributed by atoms with Crippen molar-refractivity contribution in [2.24, 2.45) is 0 Å². The van der Waals surface area contributed by atoms with Crippen molar-refractivity contribution in [2.45, 2.75) is 0 Å². The van der Waals surface area contributed by atoms with Crippen molar-refractivity contribution >= 4 is 22.3 Å². The molecule has 1 N–H and O–H groups in total. The van der Waals surface area contributed by atoms with Crippen molar-refractivity contribution < 1.29 is 4.92 Å². The van der Waals surface area contributed by atoms with Gasteiger partial charge in [0.15, 0.2) is 0 Å². The normalized spacial score (nSPS) is 10.8. The number of nitro benzene ring substituents is 1. The van der Waals surface area contributed by atoms with Gasteiger partial charge in [-0.2, -0.15) is 0 Å². The molecule has 0 atom stereocenters. The third kappa shape index (κ3) is 2.16. The van der Waals surface area contributed by atoms with Crippen LogP contribution in [0, 0.1) is 10.1 Å². The van der Waals surface area contributed by atoms with Gasteiger partial charge in [-0.05, 0) is 24.3 Å². The largest absolute Gasteiger partial charge is 0.313 e. The molecule has 0 unspecified atom stereocenters. The summed E-state index contributed by atoms with van der Waals surface area (Å²) in [4.78, 5) is 14.8. The van der Waals surface area contributed by atoms with E-state index in [4.69, 9.17) is 0 Å². The molecule has 2 rings (SSSR count). The summed E-state index contributed by atoms with van der Waals surface area (Å²) in [6.45, 7) is 0. The number of nitro groups is 1. The molecule has 0 fully saturated rings. The smallest absolute Gasteiger partial charge is 0.302 e. The summed E-state index contributed by atoms with van der Waals surface area (Å²) in [6, 6.07) is 6.80. The second-order valence-corrected chi connectivity index (χ2v) is 3.80. The molecule has 6 nitrogen and oxygen atoms in total. The van der Waals surface area contributed by atoms with E-state index >= 15 is 0 Å². The average Bonchev–Trinajstić information content (AvgIpc) is 2.27. The van der Waals surface area contributed by atoms with Gasteiger partial charge in [-0.1, -0.05) is 0 Å². The first kappa shape index (κ1) is 11.3. The van der Waals surface area contributed by atoms with Gasteiger partial charge in [-0.15, -0.1) is 0 Å². The first-order chi connectivity index (χ1) is 8.09. The summed E-state index contributed by atoms with van der Waals surface area (Å²) in [7, 11) is 3.55. The molecule has 17 heavy (non-hydrogen) atoms. The minimum Gasteiger partial charge on any atom is -0.313 e. The van der Waals surface area contributed by atoms with Crippen LogP contribution in [0.2, 0.25) is 0 Å². The van der Waals surface area contributed by atoms with Crippen molar-refractivity contribution in [3.05, 3.63) is 40.6 Å². The van der Waals surface area contributed by atoms with Gasteiger partial charge in [-0.25, -0.2) is 5.01 Å². The Morgan fingerprint density at radius 3 is 2.76 bits per heavy atom. The predicted octanol–water partition coefficient (Wildman–Crippen LogP) is 2.03. The SMILES string of the molecule is CN(C)Nc1ccc2ncccc2c1[N+](=O)[O-]. The van der Waals surface area contributed by atoms with Crippen LogP contribution in [-0.2, 0) is 0 Å². The third-order valence-electron chi connectivity index (χ3n) is 2.28. The fraction of sp³-hybridized carbons (Fsp3) is 0.182. The second-order valence-electron chi connectivity index (χ2n) is 3.80. The molecule has 0 radical (unpaired) electrons. The van der Waals surface area contributed by atoms with Gasteiger partial charge in [0.25, 0.3) is 0 Å². The van der Waals surface area contributed by atoms with Crippen LogP contribution >= 0.6 is 0 Å². The standard InChI is InChI=1S/C11H12N4O2/c1-14(2)13-10-6-5-9-8(4-3-7-12-9)11(10)15(16)17/h3-7,13H,1-2H3. The summed E-state index contributed by atoms with van der Waals surface area (Å²) in [5, 5.41) is 13.3. The van der Waals surface area contributed by atoms with Crippen LogP contribution in [0.15, 0.2) is 30.5 Å². The Bertz CT molecular complexity index is 568. The van der Waals surface area contributed by atoms with Gasteiger partial charge in [0.1, 0.15) is 5.69 Å². The number of fused-ring (bicyclic) bond motifs is 1. The number of nitrogens with one attached hydrogen (secondary N) is 1. The van der Waals surface area contributed by atoms with Crippen molar-refractivity contribution in [1.82, 2.24) is 9.99 Å². The van der Waals surface area contributed by atoms with E-state index in [2.05, 4.69) is 10.4 Å². The van der Waals surface area contributed by atoms with Crippen molar-refractivity contribution in [2.75, 3.05) is 19.5 Å². The third-order valence-corrected chi connectivity index (χ3v) is 2.28. The summed E-state index contributed by atoms with van der Waals surface area (Å²) < 4.78 is 0. The lowest BCUT2D eigenvalue weighted by Crippen LogP contribution is -2.20. The van der Waals surface area contributed by atoms with E-state index in [1.807, 2.05) is 0 Å². The minimum absolute atomic E-state index is 0.0456. The molecular weight excluding hydrogens is 220 g/mol. The van der Waals surface area contributed by atoms with Crippen LogP contribution in [0.3, 0.4) is 0 Å². The monoisotopic (exact) mass is 232 g/mol. The number of hydrazine groups is 1. The molecule has 0 aliphatic carbocycles. The number of hydrogen-bond donors (Lipinski definition) is 1. The van der Waals surface area contributed by atoms with Crippen LogP contribution in [0.25, 0.3) is 10.9 Å². The first-order valence-electron chi connectivity index (χ1n) is 5.05. The minimum atomic E-state index is -0.393. The zero-order valence-corrected chi connectivity index (χ0v) is 9.54. The van der Waals surface area contributed by atoms with Crippen LogP contribution in [0.1, 0.15) is 0 Å². The number of benzene rings is 1. The molecule has 0 amide bonds. The molecule has 0 aliphatic heterocycles. The lowest BCUT2D eigenvalue weighted by atomic mass is 10.1. The van der Waals surface area contributed by atoms with Gasteiger partial charge >= 0.3 is 5.69 Å². The van der Waals surface area contributed by atoms with Crippen molar-refractivity contribution in [3.63, 3.8) is 0 Å². The number of rotatable bonds is 3. The number of pyridine rings is 1. The Morgan fingerprint density at radius 2 is 2.12 bits per heavy atom. The number of anilines is 1. The molecule has 6 heteroatoms. The second kappa shape index (κ2) is 4.34. The molecule has 0 aliphatic rings. The molecule has 2 aromatic rings. The highest BCUT2D eigenvalue weighted by Gasteiger charge is 2.18. The van der Waals surface area contributed by atoms with E-state index in [-0.39, 0.29) is 5.69 Å². The lowest BCUT2D eigenvalue weighted by Gasteiger charge is -2.14. The molecule has 1 heterocycles. The number of hydrogen-bond acceptors (Lipinski definition) is 5. The van der Waals surface area contributed by atoms with E-state index < -0.39 is 4.92 Å². The van der Waals surface area contributed by atoms with Crippen molar-refractivity contribution in [1.29, 1.82) is 0 Å². The fourth-order valence-electron chi connectivity index (χ4n) is 1.66. The molecular formula is C11H12N4O2. The van der Waals surface area contributed by atoms with Gasteiger partial charge in [-0.3, -0.25) is 15.1 Å². The number of nitrogens with zero attached hydrogens (tertiary/aromatic N) is 3. The van der Waals surface area contributed by atoms with Gasteiger partial charge in [0, 0.05) is 20.3 Å². The maximum Gasteiger partial charge on any atom is 0.302 e. The van der Waals surface area contributed by atoms with Crippen LogP contribution in [0.4, 0.5) is 11.4 Å². The zero-order valence-electron chi connectivity index (χ0n) is 9.54. The summed E-state index contributed by atoms with van der Waals surface area (Å²) in [5.74, 6) is 0. The van der Waals surface area contributed by atoms with Gasteiger partial charge in [0.05, 0.1) is 15.8 Å². The average molecular weight is 232 g/mol. The summed E-state index contributed by atoms with van der Waals surface area (Å²) >= 11 is 0. The lowest BCUT2D eigenvalue weighted by molar-refractivity contribution is -0.382. The molecule has 0 saturated carbocycles. The molecule has 0 bridgehead atoms. The highest BCUT2D eigenvalue weighted by molar-refractivity contribution is 5.94. The molecule has 1 aromatic carbocycles. The summed E-state index contributed by atoms with van der Waals surface area (Å²) in [5.41, 5.74) is 4.03. The topological polar surface area (TPSA) is 71.3 Å². The Labute approximate surface area is 98.0 Å². The Balaban J connectivity index is 2.68. The van der Waals surface area contributed by atoms with Gasteiger partial charge < -0.3 is 5.43 Å². The van der Waals surface area contributed by atoms with Crippen LogP contribution in [-0.4, -0.2) is 29.0 Å². The zero-order chi connectivity index (χ0) is 12.4. The highest BCUT2D eigenvalue weighted by atomic mass is 16.6. The predicted molar refractivity (Wildman–Crippen MR) is 65.7 cm³/mol. The number of aromatic nitrogens is 1. The van der Waals surface area contributed by atoms with E-state index in [0.29, 0.717) is 16.6 Å². The van der Waals surface area contributed by atoms with E-state index in [1.54, 1.807) is 49.6 Å². The summed E-state index contributed by atoms with van der Waals surface area (Å²) in [6.07, 6.45) is 1.62. The van der Waals surface area contributed by atoms with Gasteiger partial charge in [0.2, 0.25) is 0 Å². The Morgan fingerprint density at radius 1 is 1.35 bits per heavy atom. The maximum absolute atomic E-state index is 11.1. The Kier molecular flexibility index (Phi) is 2.88. The Hall–Kier alpha value is -2.21. The van der Waals surface area contributed by atoms with E-state index in [9.17, 15) is 10.1 Å².